The van der Waals surface area contributed by atoms with E-state index in [1.165, 1.54) is 11.3 Å². The fourth-order valence-corrected chi connectivity index (χ4v) is 3.47. The second kappa shape index (κ2) is 7.33. The summed E-state index contributed by atoms with van der Waals surface area (Å²) in [5, 5.41) is 8.98. The van der Waals surface area contributed by atoms with E-state index in [4.69, 9.17) is 0 Å². The molecule has 0 aliphatic carbocycles. The molecule has 5 nitrogen and oxygen atoms in total. The summed E-state index contributed by atoms with van der Waals surface area (Å²) in [5.74, 6) is -1.28. The van der Waals surface area contributed by atoms with E-state index < -0.39 is 11.6 Å². The maximum absolute atomic E-state index is 13.8. The minimum Gasteiger partial charge on any atom is -0.302 e. The van der Waals surface area contributed by atoms with Crippen molar-refractivity contribution in [2.45, 2.75) is 26.7 Å². The number of thiazole rings is 1. The van der Waals surface area contributed by atoms with Gasteiger partial charge in [0.2, 0.25) is 5.91 Å². The van der Waals surface area contributed by atoms with Crippen molar-refractivity contribution in [3.8, 4) is 11.3 Å². The molecule has 136 valence electrons. The number of halogens is 2. The highest BCUT2D eigenvalue weighted by Gasteiger charge is 2.14. The van der Waals surface area contributed by atoms with Gasteiger partial charge in [0, 0.05) is 30.1 Å². The first-order valence-electron chi connectivity index (χ1n) is 8.05. The van der Waals surface area contributed by atoms with Crippen molar-refractivity contribution in [1.29, 1.82) is 0 Å². The number of carbonyl (C=O) groups is 1. The van der Waals surface area contributed by atoms with Crippen LogP contribution in [0.5, 0.6) is 0 Å². The molecule has 0 unspecified atom stereocenters. The maximum Gasteiger partial charge on any atom is 0.226 e. The van der Waals surface area contributed by atoms with Gasteiger partial charge in [0.15, 0.2) is 5.13 Å². The van der Waals surface area contributed by atoms with E-state index in [2.05, 4.69) is 15.4 Å². The second-order valence-corrected chi connectivity index (χ2v) is 6.84. The predicted molar refractivity (Wildman–Crippen MR) is 97.1 cm³/mol. The molecule has 3 rings (SSSR count). The number of nitrogens with zero attached hydrogens (tertiary/aromatic N) is 3. The topological polar surface area (TPSA) is 59.8 Å². The molecule has 0 bridgehead atoms. The van der Waals surface area contributed by atoms with Crippen LogP contribution in [0.15, 0.2) is 23.6 Å². The molecule has 2 aromatic heterocycles. The lowest BCUT2D eigenvalue weighted by Crippen LogP contribution is -2.12. The van der Waals surface area contributed by atoms with E-state index in [9.17, 15) is 13.6 Å². The van der Waals surface area contributed by atoms with Crippen molar-refractivity contribution in [2.75, 3.05) is 5.32 Å². The van der Waals surface area contributed by atoms with Crippen LogP contribution in [0.2, 0.25) is 0 Å². The summed E-state index contributed by atoms with van der Waals surface area (Å²) in [5.41, 5.74) is 3.37. The lowest BCUT2D eigenvalue weighted by atomic mass is 10.1. The summed E-state index contributed by atoms with van der Waals surface area (Å²) < 4.78 is 28.9. The summed E-state index contributed by atoms with van der Waals surface area (Å²) in [6.07, 6.45) is 0.866. The number of aromatic nitrogens is 3. The molecule has 0 aliphatic heterocycles. The minimum absolute atomic E-state index is 0.0726. The lowest BCUT2D eigenvalue weighted by molar-refractivity contribution is -0.116. The van der Waals surface area contributed by atoms with Crippen LogP contribution in [0.25, 0.3) is 11.3 Å². The molecule has 0 saturated heterocycles. The zero-order valence-electron chi connectivity index (χ0n) is 14.6. The van der Waals surface area contributed by atoms with Gasteiger partial charge in [0.25, 0.3) is 0 Å². The van der Waals surface area contributed by atoms with Crippen molar-refractivity contribution in [1.82, 2.24) is 14.8 Å². The average Bonchev–Trinajstić information content (AvgIpc) is 3.13. The number of hydrogen-bond acceptors (Lipinski definition) is 4. The van der Waals surface area contributed by atoms with Gasteiger partial charge in [-0.25, -0.2) is 13.8 Å². The summed E-state index contributed by atoms with van der Waals surface area (Å²) in [7, 11) is 1.87. The first-order chi connectivity index (χ1) is 12.3. The summed E-state index contributed by atoms with van der Waals surface area (Å²) >= 11 is 1.17. The van der Waals surface area contributed by atoms with Crippen LogP contribution in [0.1, 0.15) is 23.4 Å². The Labute approximate surface area is 153 Å². The van der Waals surface area contributed by atoms with Crippen LogP contribution in [-0.4, -0.2) is 20.7 Å². The molecular weight excluding hydrogens is 358 g/mol. The molecule has 1 aromatic carbocycles. The molecule has 0 spiro atoms. The van der Waals surface area contributed by atoms with E-state index in [1.807, 2.05) is 20.9 Å². The Morgan fingerprint density at radius 2 is 2.08 bits per heavy atom. The molecule has 1 N–H and O–H groups in total. The van der Waals surface area contributed by atoms with E-state index in [1.54, 1.807) is 10.1 Å². The SMILES string of the molecule is Cc1nn(C)c(C)c1CCC(=O)Nc1nc(-c2cc(F)ccc2F)cs1. The first-order valence-corrected chi connectivity index (χ1v) is 8.93. The highest BCUT2D eigenvalue weighted by atomic mass is 32.1. The number of hydrogen-bond donors (Lipinski definition) is 1. The van der Waals surface area contributed by atoms with Crippen molar-refractivity contribution in [2.24, 2.45) is 7.05 Å². The number of nitrogens with one attached hydrogen (secondary N) is 1. The van der Waals surface area contributed by atoms with Crippen molar-refractivity contribution in [3.63, 3.8) is 0 Å². The zero-order valence-corrected chi connectivity index (χ0v) is 15.5. The van der Waals surface area contributed by atoms with Crippen LogP contribution >= 0.6 is 11.3 Å². The third-order valence-electron chi connectivity index (χ3n) is 4.22. The molecular formula is C18H18F2N4OS. The van der Waals surface area contributed by atoms with Crippen LogP contribution in [-0.2, 0) is 18.3 Å². The second-order valence-electron chi connectivity index (χ2n) is 5.98. The van der Waals surface area contributed by atoms with Crippen LogP contribution in [0.4, 0.5) is 13.9 Å². The third kappa shape index (κ3) is 3.80. The fourth-order valence-electron chi connectivity index (χ4n) is 2.75. The van der Waals surface area contributed by atoms with E-state index in [0.717, 1.165) is 35.2 Å². The molecule has 0 aliphatic rings. The third-order valence-corrected chi connectivity index (χ3v) is 4.97. The number of rotatable bonds is 5. The fraction of sp³-hybridized carbons (Fsp3) is 0.278. The van der Waals surface area contributed by atoms with Crippen LogP contribution in [0.3, 0.4) is 0 Å². The van der Waals surface area contributed by atoms with Crippen LogP contribution < -0.4 is 5.32 Å². The quantitative estimate of drug-likeness (QED) is 0.732. The molecule has 2 heterocycles. The Hall–Kier alpha value is -2.61. The normalized spacial score (nSPS) is 11.0. The van der Waals surface area contributed by atoms with E-state index in [-0.39, 0.29) is 17.9 Å². The van der Waals surface area contributed by atoms with Gasteiger partial charge in [-0.3, -0.25) is 9.48 Å². The Morgan fingerprint density at radius 3 is 2.77 bits per heavy atom. The van der Waals surface area contributed by atoms with Gasteiger partial charge in [0.05, 0.1) is 11.4 Å². The Morgan fingerprint density at radius 1 is 1.31 bits per heavy atom. The van der Waals surface area contributed by atoms with Crippen molar-refractivity contribution in [3.05, 3.63) is 52.2 Å². The molecule has 0 atom stereocenters. The first kappa shape index (κ1) is 18.2. The Balaban J connectivity index is 1.65. The maximum atomic E-state index is 13.8. The number of carbonyl (C=O) groups excluding carboxylic acids is 1. The number of anilines is 1. The molecule has 26 heavy (non-hydrogen) atoms. The zero-order chi connectivity index (χ0) is 18.8. The van der Waals surface area contributed by atoms with Gasteiger partial charge >= 0.3 is 0 Å². The Kier molecular flexibility index (Phi) is 5.13. The monoisotopic (exact) mass is 376 g/mol. The number of benzene rings is 1. The number of aryl methyl sites for hydroxylation is 2. The molecule has 0 fully saturated rings. The van der Waals surface area contributed by atoms with Gasteiger partial charge < -0.3 is 5.32 Å². The van der Waals surface area contributed by atoms with Gasteiger partial charge in [-0.15, -0.1) is 11.3 Å². The molecule has 0 radical (unpaired) electrons. The summed E-state index contributed by atoms with van der Waals surface area (Å²) in [6.45, 7) is 3.88. The predicted octanol–water partition coefficient (Wildman–Crippen LogP) is 4.01. The smallest absolute Gasteiger partial charge is 0.226 e. The molecule has 8 heteroatoms. The van der Waals surface area contributed by atoms with Crippen LogP contribution in [0, 0.1) is 25.5 Å². The van der Waals surface area contributed by atoms with Gasteiger partial charge in [0.1, 0.15) is 11.6 Å². The standard InChI is InChI=1S/C18H18F2N4OS/c1-10-13(11(2)24(3)23-10)5-7-17(25)22-18-21-16(9-26-18)14-8-12(19)4-6-15(14)20/h4,6,8-9H,5,7H2,1-3H3,(H,21,22,25). The van der Waals surface area contributed by atoms with E-state index >= 15 is 0 Å². The highest BCUT2D eigenvalue weighted by molar-refractivity contribution is 7.14. The largest absolute Gasteiger partial charge is 0.302 e. The molecule has 3 aromatic rings. The van der Waals surface area contributed by atoms with Crippen molar-refractivity contribution < 1.29 is 13.6 Å². The highest BCUT2D eigenvalue weighted by Crippen LogP contribution is 2.27. The lowest BCUT2D eigenvalue weighted by Gasteiger charge is -2.03. The minimum atomic E-state index is -0.558. The van der Waals surface area contributed by atoms with Gasteiger partial charge in [-0.2, -0.15) is 5.10 Å². The number of amides is 1. The summed E-state index contributed by atoms with van der Waals surface area (Å²) in [6, 6.07) is 3.20. The summed E-state index contributed by atoms with van der Waals surface area (Å²) in [4.78, 5) is 16.4. The van der Waals surface area contributed by atoms with Gasteiger partial charge in [-0.05, 0) is 44.0 Å². The van der Waals surface area contributed by atoms with Crippen molar-refractivity contribution >= 4 is 22.4 Å². The average molecular weight is 376 g/mol. The molecule has 0 saturated carbocycles. The Bertz CT molecular complexity index is 964. The van der Waals surface area contributed by atoms with E-state index in [0.29, 0.717) is 17.2 Å². The molecule has 1 amide bonds. The van der Waals surface area contributed by atoms with Gasteiger partial charge in [-0.1, -0.05) is 0 Å².